The second-order valence-electron chi connectivity index (χ2n) is 6.00. The van der Waals surface area contributed by atoms with Crippen LogP contribution in [0.25, 0.3) is 0 Å². The van der Waals surface area contributed by atoms with E-state index in [1.165, 1.54) is 33.1 Å². The molecule has 0 heterocycles. The first-order valence-electron chi connectivity index (χ1n) is 7.04. The summed E-state index contributed by atoms with van der Waals surface area (Å²) in [5.41, 5.74) is 4.00. The van der Waals surface area contributed by atoms with Gasteiger partial charge in [-0.25, -0.2) is 0 Å². The molecule has 4 N–H and O–H groups in total. The molecule has 6 heteroatoms. The SMILES string of the molecule is CC(C)(N)C(=O)O.C[C@@H](C(=O)O)N(C)C1CCCCC1. The van der Waals surface area contributed by atoms with E-state index in [4.69, 9.17) is 15.9 Å². The molecule has 1 aliphatic rings. The monoisotopic (exact) mass is 288 g/mol. The molecule has 1 fully saturated rings. The van der Waals surface area contributed by atoms with Gasteiger partial charge in [-0.05, 0) is 40.7 Å². The number of carboxylic acids is 2. The minimum absolute atomic E-state index is 0.344. The van der Waals surface area contributed by atoms with Crippen LogP contribution in [-0.2, 0) is 9.59 Å². The summed E-state index contributed by atoms with van der Waals surface area (Å²) in [4.78, 5) is 22.6. The van der Waals surface area contributed by atoms with Crippen molar-refractivity contribution in [2.24, 2.45) is 5.73 Å². The third-order valence-electron chi connectivity index (χ3n) is 3.67. The van der Waals surface area contributed by atoms with Crippen LogP contribution in [0.3, 0.4) is 0 Å². The molecule has 118 valence electrons. The van der Waals surface area contributed by atoms with Gasteiger partial charge < -0.3 is 15.9 Å². The van der Waals surface area contributed by atoms with Crippen molar-refractivity contribution >= 4 is 11.9 Å². The predicted octanol–water partition coefficient (Wildman–Crippen LogP) is 1.53. The number of likely N-dealkylation sites (N-methyl/N-ethyl adjacent to an activating group) is 1. The van der Waals surface area contributed by atoms with Gasteiger partial charge in [0.05, 0.1) is 0 Å². The quantitative estimate of drug-likeness (QED) is 0.725. The zero-order valence-corrected chi connectivity index (χ0v) is 12.9. The van der Waals surface area contributed by atoms with Gasteiger partial charge in [-0.1, -0.05) is 19.3 Å². The summed E-state index contributed by atoms with van der Waals surface area (Å²) < 4.78 is 0. The lowest BCUT2D eigenvalue weighted by Gasteiger charge is -2.33. The molecule has 0 bridgehead atoms. The molecule has 0 amide bonds. The summed E-state index contributed by atoms with van der Waals surface area (Å²) in [5.74, 6) is -1.69. The van der Waals surface area contributed by atoms with Gasteiger partial charge in [0.25, 0.3) is 0 Å². The Morgan fingerprint density at radius 3 is 1.90 bits per heavy atom. The molecule has 0 saturated heterocycles. The number of hydrogen-bond donors (Lipinski definition) is 3. The van der Waals surface area contributed by atoms with E-state index in [2.05, 4.69) is 0 Å². The number of hydrogen-bond acceptors (Lipinski definition) is 4. The number of nitrogens with two attached hydrogens (primary N) is 1. The fourth-order valence-electron chi connectivity index (χ4n) is 1.98. The first-order valence-corrected chi connectivity index (χ1v) is 7.04. The molecule has 6 nitrogen and oxygen atoms in total. The Morgan fingerprint density at radius 2 is 1.60 bits per heavy atom. The van der Waals surface area contributed by atoms with Gasteiger partial charge in [0.15, 0.2) is 0 Å². The van der Waals surface area contributed by atoms with Crippen LogP contribution in [0.1, 0.15) is 52.9 Å². The molecule has 0 aliphatic heterocycles. The summed E-state index contributed by atoms with van der Waals surface area (Å²) >= 11 is 0. The van der Waals surface area contributed by atoms with Gasteiger partial charge in [0, 0.05) is 6.04 Å². The van der Waals surface area contributed by atoms with Gasteiger partial charge in [-0.15, -0.1) is 0 Å². The lowest BCUT2D eigenvalue weighted by atomic mass is 9.94. The summed E-state index contributed by atoms with van der Waals surface area (Å²) in [6, 6.07) is 0.142. The maximum atomic E-state index is 10.7. The highest BCUT2D eigenvalue weighted by molar-refractivity contribution is 5.77. The Labute approximate surface area is 120 Å². The van der Waals surface area contributed by atoms with Gasteiger partial charge >= 0.3 is 11.9 Å². The molecule has 0 aromatic carbocycles. The molecule has 0 aromatic rings. The number of nitrogens with zero attached hydrogens (tertiary/aromatic N) is 1. The average molecular weight is 288 g/mol. The summed E-state index contributed by atoms with van der Waals surface area (Å²) in [6.07, 6.45) is 6.14. The molecule has 1 saturated carbocycles. The summed E-state index contributed by atoms with van der Waals surface area (Å²) in [7, 11) is 1.93. The third-order valence-corrected chi connectivity index (χ3v) is 3.67. The second kappa shape index (κ2) is 8.21. The highest BCUT2D eigenvalue weighted by atomic mass is 16.4. The van der Waals surface area contributed by atoms with E-state index in [0.29, 0.717) is 6.04 Å². The molecule has 0 aromatic heterocycles. The topological polar surface area (TPSA) is 104 Å². The van der Waals surface area contributed by atoms with E-state index in [1.54, 1.807) is 6.92 Å². The summed E-state index contributed by atoms with van der Waals surface area (Å²) in [6.45, 7) is 4.64. The number of aliphatic carboxylic acids is 2. The normalized spacial score (nSPS) is 18.1. The van der Waals surface area contributed by atoms with E-state index >= 15 is 0 Å². The Morgan fingerprint density at radius 1 is 1.20 bits per heavy atom. The number of carboxylic acid groups (broad SMARTS) is 2. The van der Waals surface area contributed by atoms with Crippen molar-refractivity contribution in [1.82, 2.24) is 4.90 Å². The molecule has 1 rings (SSSR count). The molecule has 20 heavy (non-hydrogen) atoms. The van der Waals surface area contributed by atoms with E-state index in [1.807, 2.05) is 11.9 Å². The van der Waals surface area contributed by atoms with Crippen molar-refractivity contribution in [3.05, 3.63) is 0 Å². The highest BCUT2D eigenvalue weighted by Gasteiger charge is 2.25. The van der Waals surface area contributed by atoms with Crippen LogP contribution in [0.2, 0.25) is 0 Å². The van der Waals surface area contributed by atoms with Crippen LogP contribution >= 0.6 is 0 Å². The largest absolute Gasteiger partial charge is 0.480 e. The Hall–Kier alpha value is -1.14. The zero-order valence-electron chi connectivity index (χ0n) is 12.9. The van der Waals surface area contributed by atoms with Gasteiger partial charge in [-0.3, -0.25) is 14.5 Å². The standard InChI is InChI=1S/C10H19NO2.C4H9NO2/c1-8(10(12)13)11(2)9-6-4-3-5-7-9;1-4(2,5)3(6)7/h8-9H,3-7H2,1-2H3,(H,12,13);5H2,1-2H3,(H,6,7)/t8-;/m0./s1. The Bertz CT molecular complexity index is 320. The van der Waals surface area contributed by atoms with Crippen LogP contribution in [0.15, 0.2) is 0 Å². The maximum Gasteiger partial charge on any atom is 0.323 e. The molecule has 0 spiro atoms. The van der Waals surface area contributed by atoms with Crippen molar-refractivity contribution < 1.29 is 19.8 Å². The van der Waals surface area contributed by atoms with Crippen LogP contribution in [0.5, 0.6) is 0 Å². The maximum absolute atomic E-state index is 10.7. The molecular weight excluding hydrogens is 260 g/mol. The highest BCUT2D eigenvalue weighted by Crippen LogP contribution is 2.22. The smallest absolute Gasteiger partial charge is 0.323 e. The van der Waals surface area contributed by atoms with Crippen LogP contribution in [0.4, 0.5) is 0 Å². The molecular formula is C14H28N2O4. The van der Waals surface area contributed by atoms with Crippen molar-refractivity contribution in [3.63, 3.8) is 0 Å². The van der Waals surface area contributed by atoms with Crippen LogP contribution in [-0.4, -0.2) is 51.7 Å². The van der Waals surface area contributed by atoms with Crippen molar-refractivity contribution in [2.75, 3.05) is 7.05 Å². The first-order chi connectivity index (χ1) is 9.07. The predicted molar refractivity (Wildman–Crippen MR) is 77.6 cm³/mol. The molecule has 1 atom stereocenters. The van der Waals surface area contributed by atoms with E-state index in [-0.39, 0.29) is 6.04 Å². The first kappa shape index (κ1) is 18.9. The molecule has 1 aliphatic carbocycles. The van der Waals surface area contributed by atoms with Crippen molar-refractivity contribution in [2.45, 2.75) is 70.5 Å². The zero-order chi connectivity index (χ0) is 15.9. The Balaban J connectivity index is 0.000000441. The molecule has 0 unspecified atom stereocenters. The van der Waals surface area contributed by atoms with Crippen LogP contribution in [0, 0.1) is 0 Å². The molecule has 0 radical (unpaired) electrons. The van der Waals surface area contributed by atoms with E-state index in [0.717, 1.165) is 12.8 Å². The van der Waals surface area contributed by atoms with E-state index in [9.17, 15) is 9.59 Å². The minimum Gasteiger partial charge on any atom is -0.480 e. The van der Waals surface area contributed by atoms with Crippen molar-refractivity contribution in [3.8, 4) is 0 Å². The number of rotatable bonds is 4. The number of carbonyl (C=O) groups is 2. The fraction of sp³-hybridized carbons (Fsp3) is 0.857. The lowest BCUT2D eigenvalue weighted by molar-refractivity contribution is -0.143. The second-order valence-corrected chi connectivity index (χ2v) is 6.00. The van der Waals surface area contributed by atoms with Gasteiger partial charge in [0.2, 0.25) is 0 Å². The van der Waals surface area contributed by atoms with E-state index < -0.39 is 17.5 Å². The average Bonchev–Trinajstić information content (AvgIpc) is 2.37. The van der Waals surface area contributed by atoms with Gasteiger partial charge in [-0.2, -0.15) is 0 Å². The Kier molecular flexibility index (Phi) is 7.75. The van der Waals surface area contributed by atoms with Crippen LogP contribution < -0.4 is 5.73 Å². The van der Waals surface area contributed by atoms with Gasteiger partial charge in [0.1, 0.15) is 11.6 Å². The third kappa shape index (κ3) is 6.86. The fourth-order valence-corrected chi connectivity index (χ4v) is 1.98. The lowest BCUT2D eigenvalue weighted by Crippen LogP contribution is -2.43. The van der Waals surface area contributed by atoms with Crippen molar-refractivity contribution in [1.29, 1.82) is 0 Å². The minimum atomic E-state index is -1.08. The summed E-state index contributed by atoms with van der Waals surface area (Å²) in [5, 5.41) is 17.0.